The summed E-state index contributed by atoms with van der Waals surface area (Å²) in [6.45, 7) is 7.16. The monoisotopic (exact) mass is 332 g/mol. The number of benzene rings is 1. The molecule has 0 radical (unpaired) electrons. The van der Waals surface area contributed by atoms with Gasteiger partial charge in [-0.25, -0.2) is 4.39 Å². The molecule has 0 saturated carbocycles. The Kier molecular flexibility index (Phi) is 4.66. The maximum absolute atomic E-state index is 13.0. The Hall–Kier alpha value is -1.88. The van der Waals surface area contributed by atoms with Gasteiger partial charge in [0.15, 0.2) is 0 Å². The second kappa shape index (κ2) is 6.71. The third kappa shape index (κ3) is 3.39. The van der Waals surface area contributed by atoms with Crippen LogP contribution in [0, 0.1) is 12.7 Å². The molecular weight excluding hydrogens is 311 g/mol. The van der Waals surface area contributed by atoms with Gasteiger partial charge in [0, 0.05) is 36.7 Å². The minimum Gasteiger partial charge on any atom is -0.368 e. The van der Waals surface area contributed by atoms with E-state index in [2.05, 4.69) is 18.7 Å². The van der Waals surface area contributed by atoms with Crippen molar-refractivity contribution in [1.82, 2.24) is 4.90 Å². The number of carbonyl (C=O) groups is 1. The fourth-order valence-corrected chi connectivity index (χ4v) is 4.03. The van der Waals surface area contributed by atoms with Crippen molar-refractivity contribution in [2.45, 2.75) is 20.3 Å². The molecule has 1 aliphatic rings. The lowest BCUT2D eigenvalue weighted by Crippen LogP contribution is -2.48. The zero-order valence-electron chi connectivity index (χ0n) is 13.5. The van der Waals surface area contributed by atoms with E-state index in [0.717, 1.165) is 30.1 Å². The lowest BCUT2D eigenvalue weighted by atomic mass is 10.2. The fourth-order valence-electron chi connectivity index (χ4n) is 2.95. The van der Waals surface area contributed by atoms with E-state index >= 15 is 0 Å². The summed E-state index contributed by atoms with van der Waals surface area (Å²) in [5.41, 5.74) is 2.28. The summed E-state index contributed by atoms with van der Waals surface area (Å²) in [6, 6.07) is 8.59. The Labute approximate surface area is 140 Å². The molecule has 3 nitrogen and oxygen atoms in total. The van der Waals surface area contributed by atoms with Crippen LogP contribution >= 0.6 is 11.3 Å². The first-order valence-corrected chi connectivity index (χ1v) is 8.79. The molecule has 1 aromatic heterocycles. The molecule has 3 rings (SSSR count). The van der Waals surface area contributed by atoms with E-state index in [9.17, 15) is 9.18 Å². The van der Waals surface area contributed by atoms with Gasteiger partial charge in [0.25, 0.3) is 5.91 Å². The van der Waals surface area contributed by atoms with Crippen LogP contribution in [0.2, 0.25) is 0 Å². The molecule has 1 amide bonds. The molecule has 0 unspecified atom stereocenters. The summed E-state index contributed by atoms with van der Waals surface area (Å²) < 4.78 is 13.0. The van der Waals surface area contributed by atoms with Crippen LogP contribution in [-0.4, -0.2) is 37.0 Å². The van der Waals surface area contributed by atoms with Crippen LogP contribution in [0.1, 0.15) is 27.0 Å². The topological polar surface area (TPSA) is 23.6 Å². The Bertz CT molecular complexity index is 688. The van der Waals surface area contributed by atoms with Crippen molar-refractivity contribution >= 4 is 22.9 Å². The number of hydrogen-bond donors (Lipinski definition) is 0. The largest absolute Gasteiger partial charge is 0.368 e. The molecule has 122 valence electrons. The summed E-state index contributed by atoms with van der Waals surface area (Å²) in [6.07, 6.45) is 0.966. The molecule has 0 N–H and O–H groups in total. The first-order chi connectivity index (χ1) is 11.1. The second-order valence-corrected chi connectivity index (χ2v) is 7.06. The Morgan fingerprint density at radius 2 is 1.83 bits per heavy atom. The van der Waals surface area contributed by atoms with Gasteiger partial charge in [0.05, 0.1) is 4.88 Å². The van der Waals surface area contributed by atoms with Gasteiger partial charge in [-0.1, -0.05) is 6.92 Å². The summed E-state index contributed by atoms with van der Waals surface area (Å²) in [7, 11) is 0. The molecule has 23 heavy (non-hydrogen) atoms. The fraction of sp³-hybridized carbons (Fsp3) is 0.389. The first-order valence-electron chi connectivity index (χ1n) is 7.97. The van der Waals surface area contributed by atoms with Crippen molar-refractivity contribution in [1.29, 1.82) is 0 Å². The number of anilines is 1. The molecule has 1 fully saturated rings. The van der Waals surface area contributed by atoms with Crippen LogP contribution in [0.25, 0.3) is 0 Å². The van der Waals surface area contributed by atoms with Crippen molar-refractivity contribution in [3.8, 4) is 0 Å². The highest BCUT2D eigenvalue weighted by atomic mass is 32.1. The molecule has 5 heteroatoms. The van der Waals surface area contributed by atoms with Gasteiger partial charge in [-0.2, -0.15) is 0 Å². The van der Waals surface area contributed by atoms with E-state index in [1.807, 2.05) is 11.0 Å². The quantitative estimate of drug-likeness (QED) is 0.855. The number of amides is 1. The predicted octanol–water partition coefficient (Wildman–Crippen LogP) is 3.72. The van der Waals surface area contributed by atoms with Gasteiger partial charge in [-0.05, 0) is 49.2 Å². The van der Waals surface area contributed by atoms with Crippen LogP contribution in [0.4, 0.5) is 10.1 Å². The average molecular weight is 332 g/mol. The van der Waals surface area contributed by atoms with E-state index in [-0.39, 0.29) is 11.7 Å². The van der Waals surface area contributed by atoms with Crippen LogP contribution in [0.3, 0.4) is 0 Å². The number of carbonyl (C=O) groups excluding carboxylic acids is 1. The van der Waals surface area contributed by atoms with Gasteiger partial charge < -0.3 is 9.80 Å². The van der Waals surface area contributed by atoms with Gasteiger partial charge in [0.1, 0.15) is 5.82 Å². The first kappa shape index (κ1) is 16.0. The normalized spacial score (nSPS) is 15.1. The Morgan fingerprint density at radius 1 is 1.17 bits per heavy atom. The SMILES string of the molecule is CCc1cc(C(=O)N2CCN(c3ccc(F)cc3)CC2)sc1C. The van der Waals surface area contributed by atoms with Crippen LogP contribution in [-0.2, 0) is 6.42 Å². The molecule has 0 bridgehead atoms. The van der Waals surface area contributed by atoms with Crippen molar-refractivity contribution in [2.75, 3.05) is 31.1 Å². The standard InChI is InChI=1S/C18H21FN2OS/c1-3-14-12-17(23-13(14)2)18(22)21-10-8-20(9-11-21)16-6-4-15(19)5-7-16/h4-7,12H,3,8-11H2,1-2H3. The number of piperazine rings is 1. The number of halogens is 1. The molecule has 1 saturated heterocycles. The number of thiophene rings is 1. The van der Waals surface area contributed by atoms with E-state index in [1.54, 1.807) is 23.5 Å². The zero-order valence-corrected chi connectivity index (χ0v) is 14.3. The van der Waals surface area contributed by atoms with E-state index in [0.29, 0.717) is 13.1 Å². The smallest absolute Gasteiger partial charge is 0.264 e. The van der Waals surface area contributed by atoms with Gasteiger partial charge in [-0.3, -0.25) is 4.79 Å². The zero-order chi connectivity index (χ0) is 16.4. The highest BCUT2D eigenvalue weighted by molar-refractivity contribution is 7.14. The Morgan fingerprint density at radius 3 is 2.39 bits per heavy atom. The molecule has 0 aliphatic carbocycles. The van der Waals surface area contributed by atoms with E-state index < -0.39 is 0 Å². The summed E-state index contributed by atoms with van der Waals surface area (Å²) in [5, 5.41) is 0. The summed E-state index contributed by atoms with van der Waals surface area (Å²) >= 11 is 1.59. The highest BCUT2D eigenvalue weighted by Gasteiger charge is 2.23. The van der Waals surface area contributed by atoms with Crippen molar-refractivity contribution in [3.05, 3.63) is 51.5 Å². The van der Waals surface area contributed by atoms with Crippen LogP contribution in [0.15, 0.2) is 30.3 Å². The number of hydrogen-bond acceptors (Lipinski definition) is 3. The summed E-state index contributed by atoms with van der Waals surface area (Å²) in [4.78, 5) is 18.8. The lowest BCUT2D eigenvalue weighted by molar-refractivity contribution is 0.0751. The Balaban J connectivity index is 1.64. The molecule has 1 aromatic carbocycles. The van der Waals surface area contributed by atoms with E-state index in [1.165, 1.54) is 22.6 Å². The maximum atomic E-state index is 13.0. The van der Waals surface area contributed by atoms with Gasteiger partial charge in [-0.15, -0.1) is 11.3 Å². The molecule has 2 heterocycles. The molecule has 1 aliphatic heterocycles. The van der Waals surface area contributed by atoms with Crippen LogP contribution < -0.4 is 4.90 Å². The van der Waals surface area contributed by atoms with Crippen molar-refractivity contribution in [3.63, 3.8) is 0 Å². The summed E-state index contributed by atoms with van der Waals surface area (Å²) in [5.74, 6) is -0.0843. The third-order valence-electron chi connectivity index (χ3n) is 4.37. The number of aryl methyl sites for hydroxylation is 2. The second-order valence-electron chi connectivity index (χ2n) is 5.80. The van der Waals surface area contributed by atoms with Gasteiger partial charge >= 0.3 is 0 Å². The number of nitrogens with zero attached hydrogens (tertiary/aromatic N) is 2. The molecule has 0 spiro atoms. The minimum atomic E-state index is -0.220. The van der Waals surface area contributed by atoms with Crippen molar-refractivity contribution < 1.29 is 9.18 Å². The third-order valence-corrected chi connectivity index (χ3v) is 5.45. The minimum absolute atomic E-state index is 0.136. The van der Waals surface area contributed by atoms with Gasteiger partial charge in [0.2, 0.25) is 0 Å². The lowest BCUT2D eigenvalue weighted by Gasteiger charge is -2.36. The number of rotatable bonds is 3. The van der Waals surface area contributed by atoms with E-state index in [4.69, 9.17) is 0 Å². The molecular formula is C18H21FN2OS. The van der Waals surface area contributed by atoms with Crippen molar-refractivity contribution in [2.24, 2.45) is 0 Å². The predicted molar refractivity (Wildman–Crippen MR) is 93.0 cm³/mol. The molecule has 2 aromatic rings. The molecule has 0 atom stereocenters. The van der Waals surface area contributed by atoms with Crippen LogP contribution in [0.5, 0.6) is 0 Å². The highest BCUT2D eigenvalue weighted by Crippen LogP contribution is 2.24. The maximum Gasteiger partial charge on any atom is 0.264 e. The average Bonchev–Trinajstić information content (AvgIpc) is 2.96.